The lowest BCUT2D eigenvalue weighted by Crippen LogP contribution is -2.42. The zero-order valence-corrected chi connectivity index (χ0v) is 7.67. The highest BCUT2D eigenvalue weighted by molar-refractivity contribution is 5.85. The van der Waals surface area contributed by atoms with Crippen LogP contribution in [0.4, 0.5) is 0 Å². The van der Waals surface area contributed by atoms with Gasteiger partial charge in [-0.05, 0) is 32.4 Å². The number of ether oxygens (including phenoxy) is 1. The molecule has 1 aliphatic rings. The van der Waals surface area contributed by atoms with Crippen LogP contribution in [0, 0.1) is 0 Å². The second-order valence-electron chi connectivity index (χ2n) is 2.89. The molecule has 1 rings (SSSR count). The first-order valence-corrected chi connectivity index (χ1v) is 3.88. The molecule has 0 saturated carbocycles. The van der Waals surface area contributed by atoms with Crippen LogP contribution < -0.4 is 5.32 Å². The minimum Gasteiger partial charge on any atom is -0.378 e. The van der Waals surface area contributed by atoms with Crippen molar-refractivity contribution in [1.29, 1.82) is 0 Å². The molecule has 0 unspecified atom stereocenters. The number of piperidine rings is 1. The van der Waals surface area contributed by atoms with Gasteiger partial charge in [0.05, 0.1) is 9.71 Å². The van der Waals surface area contributed by atoms with Gasteiger partial charge in [-0.3, -0.25) is 0 Å². The van der Waals surface area contributed by atoms with Crippen molar-refractivity contribution >= 4 is 12.4 Å². The fourth-order valence-corrected chi connectivity index (χ4v) is 1.41. The summed E-state index contributed by atoms with van der Waals surface area (Å²) >= 11 is 0. The van der Waals surface area contributed by atoms with Crippen molar-refractivity contribution in [3.8, 4) is 0 Å². The van der Waals surface area contributed by atoms with E-state index in [2.05, 4.69) is 5.32 Å². The lowest BCUT2D eigenvalue weighted by molar-refractivity contribution is -0.0366. The van der Waals surface area contributed by atoms with Gasteiger partial charge < -0.3 is 10.1 Å². The van der Waals surface area contributed by atoms with Crippen LogP contribution in [0.1, 0.15) is 30.3 Å². The Kier molecular flexibility index (Phi) is 3.02. The van der Waals surface area contributed by atoms with Crippen molar-refractivity contribution in [3.05, 3.63) is 0 Å². The highest BCUT2D eigenvalue weighted by atomic mass is 35.5. The molecule has 0 radical (unpaired) electrons. The Balaban J connectivity index is 0.00000169. The predicted molar refractivity (Wildman–Crippen MR) is 49.4 cm³/mol. The average molecular weight is 183 g/mol. The molecule has 68 valence electrons. The van der Waals surface area contributed by atoms with Crippen LogP contribution in [0.25, 0.3) is 0 Å². The number of hydrogen-bond donors (Lipinski definition) is 1. The Bertz CT molecular complexity index is 168. The number of nitrogens with one attached hydrogen (secondary N) is 1. The first-order valence-electron chi connectivity index (χ1n) is 5.38. The molecular weight excluding hydrogens is 162 g/mol. The van der Waals surface area contributed by atoms with E-state index in [4.69, 9.17) is 8.85 Å². The van der Waals surface area contributed by atoms with E-state index >= 15 is 0 Å². The van der Waals surface area contributed by atoms with Crippen molar-refractivity contribution < 1.29 is 8.85 Å². The van der Waals surface area contributed by atoms with Crippen LogP contribution in [0.2, 0.25) is 0 Å². The molecule has 1 heterocycles. The lowest BCUT2D eigenvalue weighted by Gasteiger charge is -2.35. The third-order valence-electron chi connectivity index (χ3n) is 2.38. The molecule has 0 atom stereocenters. The van der Waals surface area contributed by atoms with Gasteiger partial charge in [0.15, 0.2) is 0 Å². The molecule has 0 aromatic rings. The fourth-order valence-electron chi connectivity index (χ4n) is 1.41. The minimum absolute atomic E-state index is 0. The van der Waals surface area contributed by atoms with Gasteiger partial charge in [0.2, 0.25) is 0 Å². The molecule has 1 saturated heterocycles. The third kappa shape index (κ3) is 2.62. The summed E-state index contributed by atoms with van der Waals surface area (Å²) in [6, 6.07) is 0. The normalized spacial score (nSPS) is 27.5. The van der Waals surface area contributed by atoms with Gasteiger partial charge in [-0.15, -0.1) is 12.4 Å². The van der Waals surface area contributed by atoms with Crippen molar-refractivity contribution in [3.63, 3.8) is 0 Å². The van der Waals surface area contributed by atoms with E-state index in [1.165, 1.54) is 0 Å². The van der Waals surface area contributed by atoms with Gasteiger partial charge in [-0.1, -0.05) is 6.92 Å². The van der Waals surface area contributed by atoms with Gasteiger partial charge in [0, 0.05) is 7.04 Å². The van der Waals surface area contributed by atoms with Crippen LogP contribution in [-0.4, -0.2) is 25.7 Å². The van der Waals surface area contributed by atoms with E-state index in [9.17, 15) is 0 Å². The molecule has 2 nitrogen and oxygen atoms in total. The molecule has 0 bridgehead atoms. The molecule has 1 aliphatic heterocycles. The Labute approximate surface area is 79.3 Å². The average Bonchev–Trinajstić information content (AvgIpc) is 2.03. The maximum absolute atomic E-state index is 7.09. The quantitative estimate of drug-likeness (QED) is 0.701. The Morgan fingerprint density at radius 3 is 2.64 bits per heavy atom. The minimum atomic E-state index is -2.26. The fraction of sp³-hybridized carbons (Fsp3) is 1.00. The summed E-state index contributed by atoms with van der Waals surface area (Å²) < 4.78 is 26.4. The highest BCUT2D eigenvalue weighted by Crippen LogP contribution is 2.25. The molecule has 1 fully saturated rings. The SMILES string of the molecule is Cl.[2H]C([2H])([2H])OC1(CC)CCNCC1. The van der Waals surface area contributed by atoms with Gasteiger partial charge in [0.1, 0.15) is 0 Å². The standard InChI is InChI=1S/C8H17NO.ClH/c1-3-8(10-2)4-6-9-7-5-8;/h9H,3-7H2,1-2H3;1H/i2D3;. The van der Waals surface area contributed by atoms with Gasteiger partial charge in [0.25, 0.3) is 0 Å². The number of rotatable bonds is 2. The van der Waals surface area contributed by atoms with Crippen LogP contribution in [-0.2, 0) is 4.74 Å². The Morgan fingerprint density at radius 1 is 1.55 bits per heavy atom. The first kappa shape index (κ1) is 6.70. The molecule has 0 spiro atoms. The maximum Gasteiger partial charge on any atom is 0.0700 e. The topological polar surface area (TPSA) is 21.3 Å². The van der Waals surface area contributed by atoms with Crippen LogP contribution in [0.3, 0.4) is 0 Å². The lowest BCUT2D eigenvalue weighted by atomic mass is 9.90. The van der Waals surface area contributed by atoms with Crippen LogP contribution >= 0.6 is 12.4 Å². The number of methoxy groups -OCH3 is 1. The summed E-state index contributed by atoms with van der Waals surface area (Å²) in [5.74, 6) is 0. The summed E-state index contributed by atoms with van der Waals surface area (Å²) in [5.41, 5.74) is -0.420. The summed E-state index contributed by atoms with van der Waals surface area (Å²) in [7, 11) is -2.26. The van der Waals surface area contributed by atoms with Crippen molar-refractivity contribution in [2.24, 2.45) is 0 Å². The Morgan fingerprint density at radius 2 is 2.18 bits per heavy atom. The summed E-state index contributed by atoms with van der Waals surface area (Å²) in [5, 5.41) is 3.20. The van der Waals surface area contributed by atoms with Gasteiger partial charge >= 0.3 is 0 Å². The molecule has 0 amide bonds. The van der Waals surface area contributed by atoms with Gasteiger partial charge in [-0.2, -0.15) is 0 Å². The van der Waals surface area contributed by atoms with Crippen LogP contribution in [0.5, 0.6) is 0 Å². The molecule has 0 aliphatic carbocycles. The second-order valence-corrected chi connectivity index (χ2v) is 2.89. The van der Waals surface area contributed by atoms with Crippen molar-refractivity contribution in [1.82, 2.24) is 5.32 Å². The molecule has 3 heteroatoms. The molecule has 1 N–H and O–H groups in total. The number of halogens is 1. The van der Waals surface area contributed by atoms with Crippen LogP contribution in [0.15, 0.2) is 0 Å². The monoisotopic (exact) mass is 182 g/mol. The van der Waals surface area contributed by atoms with E-state index in [0.717, 1.165) is 32.4 Å². The number of hydrogen-bond acceptors (Lipinski definition) is 2. The third-order valence-corrected chi connectivity index (χ3v) is 2.38. The van der Waals surface area contributed by atoms with E-state index in [1.807, 2.05) is 6.92 Å². The second kappa shape index (κ2) is 4.96. The molecule has 0 aromatic heterocycles. The zero-order chi connectivity index (χ0) is 9.95. The van der Waals surface area contributed by atoms with E-state index in [0.29, 0.717) is 0 Å². The molecule has 0 aromatic carbocycles. The molecule has 11 heavy (non-hydrogen) atoms. The largest absolute Gasteiger partial charge is 0.378 e. The van der Waals surface area contributed by atoms with Gasteiger partial charge in [-0.25, -0.2) is 0 Å². The van der Waals surface area contributed by atoms with E-state index in [1.54, 1.807) is 0 Å². The smallest absolute Gasteiger partial charge is 0.0700 e. The molecular formula is C8H18ClNO. The Hall–Kier alpha value is 0.210. The zero-order valence-electron chi connectivity index (χ0n) is 9.85. The summed E-state index contributed by atoms with van der Waals surface area (Å²) in [6.07, 6.45) is 2.36. The first-order chi connectivity index (χ1) is 5.97. The van der Waals surface area contributed by atoms with E-state index in [-0.39, 0.29) is 12.4 Å². The maximum atomic E-state index is 7.09. The van der Waals surface area contributed by atoms with E-state index < -0.39 is 12.6 Å². The summed E-state index contributed by atoms with van der Waals surface area (Å²) in [4.78, 5) is 0. The summed E-state index contributed by atoms with van der Waals surface area (Å²) in [6.45, 7) is 3.69. The van der Waals surface area contributed by atoms with Crippen molar-refractivity contribution in [2.45, 2.75) is 31.8 Å². The predicted octanol–water partition coefficient (Wildman–Crippen LogP) is 1.59. The van der Waals surface area contributed by atoms with Crippen molar-refractivity contribution in [2.75, 3.05) is 20.1 Å². The highest BCUT2D eigenvalue weighted by Gasteiger charge is 2.29.